The lowest BCUT2D eigenvalue weighted by Gasteiger charge is -2.22. The van der Waals surface area contributed by atoms with Crippen molar-refractivity contribution in [3.8, 4) is 17.2 Å². The summed E-state index contributed by atoms with van der Waals surface area (Å²) in [4.78, 5) is 12.2. The van der Waals surface area contributed by atoms with Crippen LogP contribution in [0.25, 0.3) is 0 Å². The van der Waals surface area contributed by atoms with Crippen molar-refractivity contribution in [2.24, 2.45) is 5.10 Å². The van der Waals surface area contributed by atoms with Crippen molar-refractivity contribution in [1.29, 1.82) is 0 Å². The highest BCUT2D eigenvalue weighted by Gasteiger charge is 2.32. The first-order valence-electron chi connectivity index (χ1n) is 8.72. The van der Waals surface area contributed by atoms with Crippen LogP contribution in [0.15, 0.2) is 41.5 Å². The van der Waals surface area contributed by atoms with Crippen molar-refractivity contribution in [2.75, 3.05) is 21.3 Å². The number of aryl methyl sites for hydroxylation is 1. The van der Waals surface area contributed by atoms with E-state index in [0.717, 1.165) is 16.8 Å². The molecule has 27 heavy (non-hydrogen) atoms. The van der Waals surface area contributed by atoms with Gasteiger partial charge in [-0.3, -0.25) is 4.79 Å². The molecule has 142 valence electrons. The molecule has 0 bridgehead atoms. The van der Waals surface area contributed by atoms with E-state index >= 15 is 0 Å². The third-order valence-corrected chi connectivity index (χ3v) is 4.69. The second-order valence-electron chi connectivity index (χ2n) is 6.45. The number of methoxy groups -OCH3 is 3. The Balaban J connectivity index is 2.01. The van der Waals surface area contributed by atoms with Gasteiger partial charge in [0, 0.05) is 13.3 Å². The zero-order valence-corrected chi connectivity index (χ0v) is 16.3. The largest absolute Gasteiger partial charge is 0.493 e. The van der Waals surface area contributed by atoms with E-state index in [0.29, 0.717) is 23.7 Å². The number of benzene rings is 2. The summed E-state index contributed by atoms with van der Waals surface area (Å²) in [5.74, 6) is 1.52. The highest BCUT2D eigenvalue weighted by molar-refractivity contribution is 6.03. The van der Waals surface area contributed by atoms with Crippen LogP contribution in [0.4, 0.5) is 0 Å². The maximum atomic E-state index is 12.2. The van der Waals surface area contributed by atoms with Crippen LogP contribution in [0.5, 0.6) is 17.2 Å². The maximum absolute atomic E-state index is 12.2. The second-order valence-corrected chi connectivity index (χ2v) is 6.45. The number of hydrazone groups is 1. The van der Waals surface area contributed by atoms with E-state index in [4.69, 9.17) is 14.2 Å². The summed E-state index contributed by atoms with van der Waals surface area (Å²) in [5.41, 5.74) is 3.96. The SMILES string of the molecule is COc1cc([C@H]2CC(c3ccc(C)cc3)=NN2C(C)=O)cc(OC)c1OC. The first kappa shape index (κ1) is 18.8. The number of carbonyl (C=O) groups is 1. The van der Waals surface area contributed by atoms with Gasteiger partial charge in [-0.1, -0.05) is 29.8 Å². The molecule has 0 saturated carbocycles. The van der Waals surface area contributed by atoms with Crippen molar-refractivity contribution < 1.29 is 19.0 Å². The maximum Gasteiger partial charge on any atom is 0.240 e. The lowest BCUT2D eigenvalue weighted by atomic mass is 9.97. The van der Waals surface area contributed by atoms with Gasteiger partial charge >= 0.3 is 0 Å². The molecule has 2 aromatic carbocycles. The molecule has 0 unspecified atom stereocenters. The normalized spacial score (nSPS) is 16.1. The molecule has 0 radical (unpaired) electrons. The van der Waals surface area contributed by atoms with Crippen molar-refractivity contribution in [1.82, 2.24) is 5.01 Å². The Morgan fingerprint density at radius 1 is 1.04 bits per heavy atom. The van der Waals surface area contributed by atoms with E-state index < -0.39 is 0 Å². The van der Waals surface area contributed by atoms with Gasteiger partial charge in [-0.25, -0.2) is 5.01 Å². The molecule has 1 atom stereocenters. The number of hydrogen-bond acceptors (Lipinski definition) is 5. The van der Waals surface area contributed by atoms with Crippen molar-refractivity contribution >= 4 is 11.6 Å². The number of hydrogen-bond donors (Lipinski definition) is 0. The number of nitrogens with zero attached hydrogens (tertiary/aromatic N) is 2. The molecule has 3 rings (SSSR count). The highest BCUT2D eigenvalue weighted by Crippen LogP contribution is 2.43. The first-order valence-corrected chi connectivity index (χ1v) is 8.72. The van der Waals surface area contributed by atoms with E-state index in [-0.39, 0.29) is 11.9 Å². The summed E-state index contributed by atoms with van der Waals surface area (Å²) in [6.07, 6.45) is 0.612. The lowest BCUT2D eigenvalue weighted by molar-refractivity contribution is -0.130. The summed E-state index contributed by atoms with van der Waals surface area (Å²) >= 11 is 0. The minimum Gasteiger partial charge on any atom is -0.493 e. The quantitative estimate of drug-likeness (QED) is 0.807. The van der Waals surface area contributed by atoms with Crippen LogP contribution in [-0.2, 0) is 4.79 Å². The zero-order valence-electron chi connectivity index (χ0n) is 16.3. The third kappa shape index (κ3) is 3.60. The molecule has 2 aromatic rings. The van der Waals surface area contributed by atoms with Gasteiger partial charge in [0.15, 0.2) is 11.5 Å². The highest BCUT2D eigenvalue weighted by atomic mass is 16.5. The van der Waals surface area contributed by atoms with Gasteiger partial charge < -0.3 is 14.2 Å². The predicted molar refractivity (Wildman–Crippen MR) is 104 cm³/mol. The molecule has 0 fully saturated rings. The topological polar surface area (TPSA) is 60.4 Å². The fourth-order valence-corrected chi connectivity index (χ4v) is 3.27. The summed E-state index contributed by atoms with van der Waals surface area (Å²) < 4.78 is 16.3. The second kappa shape index (κ2) is 7.70. The van der Waals surface area contributed by atoms with Crippen molar-refractivity contribution in [3.63, 3.8) is 0 Å². The van der Waals surface area contributed by atoms with E-state index in [9.17, 15) is 4.79 Å². The monoisotopic (exact) mass is 368 g/mol. The van der Waals surface area contributed by atoms with Crippen molar-refractivity contribution in [2.45, 2.75) is 26.3 Å². The summed E-state index contributed by atoms with van der Waals surface area (Å²) in [6, 6.07) is 11.7. The van der Waals surface area contributed by atoms with Gasteiger partial charge in [0.1, 0.15) is 0 Å². The predicted octanol–water partition coefficient (Wildman–Crippen LogP) is 3.72. The Morgan fingerprint density at radius 2 is 1.63 bits per heavy atom. The Morgan fingerprint density at radius 3 is 2.11 bits per heavy atom. The Kier molecular flexibility index (Phi) is 5.35. The fraction of sp³-hybridized carbons (Fsp3) is 0.333. The van der Waals surface area contributed by atoms with Crippen LogP contribution >= 0.6 is 0 Å². The smallest absolute Gasteiger partial charge is 0.240 e. The van der Waals surface area contributed by atoms with Crippen LogP contribution in [0.1, 0.15) is 36.1 Å². The Bertz CT molecular complexity index is 849. The standard InChI is InChI=1S/C21H24N2O4/c1-13-6-8-15(9-7-13)17-12-18(23(22-17)14(2)24)16-10-19(25-3)21(27-5)20(11-16)26-4/h6-11,18H,12H2,1-5H3/t18-/m1/s1. The van der Waals surface area contributed by atoms with Crippen LogP contribution in [0.2, 0.25) is 0 Å². The van der Waals surface area contributed by atoms with Gasteiger partial charge in [-0.15, -0.1) is 0 Å². The molecule has 6 nitrogen and oxygen atoms in total. The van der Waals surface area contributed by atoms with Crippen LogP contribution in [0.3, 0.4) is 0 Å². The molecule has 1 aliphatic heterocycles. The molecule has 1 amide bonds. The molecule has 6 heteroatoms. The molecule has 0 spiro atoms. The summed E-state index contributed by atoms with van der Waals surface area (Å²) in [7, 11) is 4.72. The van der Waals surface area contributed by atoms with Crippen LogP contribution in [0, 0.1) is 6.92 Å². The lowest BCUT2D eigenvalue weighted by Crippen LogP contribution is -2.24. The van der Waals surface area contributed by atoms with E-state index in [1.54, 1.807) is 21.3 Å². The first-order chi connectivity index (χ1) is 13.0. The van der Waals surface area contributed by atoms with Gasteiger partial charge in [0.2, 0.25) is 11.7 Å². The average Bonchev–Trinajstić information content (AvgIpc) is 3.13. The third-order valence-electron chi connectivity index (χ3n) is 4.69. The number of rotatable bonds is 5. The minimum atomic E-state index is -0.229. The molecule has 0 N–H and O–H groups in total. The molecular weight excluding hydrogens is 344 g/mol. The minimum absolute atomic E-state index is 0.115. The molecule has 0 aliphatic carbocycles. The van der Waals surface area contributed by atoms with Gasteiger partial charge in [-0.2, -0.15) is 5.10 Å². The molecule has 1 aliphatic rings. The van der Waals surface area contributed by atoms with E-state index in [2.05, 4.69) is 5.10 Å². The van der Waals surface area contributed by atoms with Crippen molar-refractivity contribution in [3.05, 3.63) is 53.1 Å². The van der Waals surface area contributed by atoms with Gasteiger partial charge in [0.25, 0.3) is 0 Å². The van der Waals surface area contributed by atoms with Gasteiger partial charge in [-0.05, 0) is 30.2 Å². The molecule has 0 aromatic heterocycles. The summed E-state index contributed by atoms with van der Waals surface area (Å²) in [6.45, 7) is 3.56. The van der Waals surface area contributed by atoms with Crippen LogP contribution in [-0.4, -0.2) is 38.0 Å². The molecule has 0 saturated heterocycles. The number of carbonyl (C=O) groups excluding carboxylic acids is 1. The summed E-state index contributed by atoms with van der Waals surface area (Å²) in [5, 5.41) is 6.11. The Labute approximate surface area is 159 Å². The fourth-order valence-electron chi connectivity index (χ4n) is 3.27. The Hall–Kier alpha value is -3.02. The molecular formula is C21H24N2O4. The number of ether oxygens (including phenoxy) is 3. The molecule has 1 heterocycles. The zero-order chi connectivity index (χ0) is 19.6. The van der Waals surface area contributed by atoms with Gasteiger partial charge in [0.05, 0.1) is 33.1 Å². The number of amides is 1. The van der Waals surface area contributed by atoms with Crippen LogP contribution < -0.4 is 14.2 Å². The van der Waals surface area contributed by atoms with E-state index in [1.807, 2.05) is 43.3 Å². The van der Waals surface area contributed by atoms with E-state index in [1.165, 1.54) is 17.5 Å². The average molecular weight is 368 g/mol.